The van der Waals surface area contributed by atoms with E-state index in [1.165, 1.54) is 35.2 Å². The van der Waals surface area contributed by atoms with E-state index in [0.29, 0.717) is 0 Å². The predicted molar refractivity (Wildman–Crippen MR) is 77.6 cm³/mol. The highest BCUT2D eigenvalue weighted by Crippen LogP contribution is 2.32. The minimum Gasteiger partial charge on any atom is -0.367 e. The van der Waals surface area contributed by atoms with Gasteiger partial charge >= 0.3 is 6.18 Å². The molecule has 0 aliphatic rings. The van der Waals surface area contributed by atoms with Crippen LogP contribution in [0.25, 0.3) is 0 Å². The summed E-state index contributed by atoms with van der Waals surface area (Å²) < 4.78 is 38.5. The van der Waals surface area contributed by atoms with E-state index >= 15 is 0 Å². The number of alkyl halides is 3. The number of nitrogens with zero attached hydrogens (tertiary/aromatic N) is 1. The second-order valence-electron chi connectivity index (χ2n) is 4.90. The van der Waals surface area contributed by atoms with Crippen LogP contribution in [0.2, 0.25) is 0 Å². The molecule has 122 valence electrons. The summed E-state index contributed by atoms with van der Waals surface area (Å²) in [4.78, 5) is 27.7. The van der Waals surface area contributed by atoms with Crippen molar-refractivity contribution in [3.63, 3.8) is 0 Å². The largest absolute Gasteiger partial charge is 0.416 e. The van der Waals surface area contributed by atoms with Crippen LogP contribution in [0.5, 0.6) is 0 Å². The Balaban J connectivity index is 2.41. The number of halogens is 3. The first-order valence-electron chi connectivity index (χ1n) is 6.33. The number of nitrogens with one attached hydrogen (secondary N) is 1. The minimum absolute atomic E-state index is 0.0504. The zero-order valence-corrected chi connectivity index (χ0v) is 12.7. The Labute approximate surface area is 133 Å². The average Bonchev–Trinajstić information content (AvgIpc) is 3.00. The summed E-state index contributed by atoms with van der Waals surface area (Å²) in [7, 11) is 0. The summed E-state index contributed by atoms with van der Waals surface area (Å²) in [5, 5.41) is 3.80. The van der Waals surface area contributed by atoms with E-state index in [0.717, 1.165) is 18.2 Å². The van der Waals surface area contributed by atoms with Crippen LogP contribution in [0.4, 0.5) is 13.2 Å². The summed E-state index contributed by atoms with van der Waals surface area (Å²) in [6, 6.07) is 4.09. The van der Waals surface area contributed by atoms with Crippen molar-refractivity contribution in [2.75, 3.05) is 0 Å². The lowest BCUT2D eigenvalue weighted by Crippen LogP contribution is -2.52. The van der Waals surface area contributed by atoms with E-state index in [9.17, 15) is 22.8 Å². The lowest BCUT2D eigenvalue weighted by molar-refractivity contribution is -0.137. The van der Waals surface area contributed by atoms with Gasteiger partial charge in [-0.2, -0.15) is 13.2 Å². The van der Waals surface area contributed by atoms with Crippen LogP contribution >= 0.6 is 11.3 Å². The number of rotatable bonds is 4. The number of amides is 2. The van der Waals surface area contributed by atoms with Gasteiger partial charge in [-0.3, -0.25) is 9.59 Å². The van der Waals surface area contributed by atoms with Gasteiger partial charge in [0.25, 0.3) is 5.91 Å². The smallest absolute Gasteiger partial charge is 0.367 e. The topological polar surface area (TPSA) is 85.1 Å². The maximum atomic E-state index is 12.8. The highest BCUT2D eigenvalue weighted by Gasteiger charge is 2.38. The lowest BCUT2D eigenvalue weighted by Gasteiger charge is -2.28. The second kappa shape index (κ2) is 5.99. The van der Waals surface area contributed by atoms with Crippen LogP contribution in [-0.4, -0.2) is 16.8 Å². The summed E-state index contributed by atoms with van der Waals surface area (Å²) in [5.74, 6) is -1.69. The fourth-order valence-corrected chi connectivity index (χ4v) is 2.43. The highest BCUT2D eigenvalue weighted by atomic mass is 32.1. The van der Waals surface area contributed by atoms with Crippen molar-refractivity contribution in [3.05, 3.63) is 52.0 Å². The van der Waals surface area contributed by atoms with Gasteiger partial charge < -0.3 is 11.1 Å². The van der Waals surface area contributed by atoms with Crippen LogP contribution in [0.15, 0.2) is 35.2 Å². The number of carbonyl (C=O) groups excluding carboxylic acids is 2. The van der Waals surface area contributed by atoms with Crippen molar-refractivity contribution in [1.29, 1.82) is 0 Å². The molecule has 3 N–H and O–H groups in total. The monoisotopic (exact) mass is 343 g/mol. The molecule has 1 aromatic carbocycles. The van der Waals surface area contributed by atoms with Crippen LogP contribution in [0, 0.1) is 0 Å². The van der Waals surface area contributed by atoms with Gasteiger partial charge in [0.15, 0.2) is 0 Å². The fourth-order valence-electron chi connectivity index (χ4n) is 1.90. The molecule has 0 spiro atoms. The molecule has 9 heteroatoms. The summed E-state index contributed by atoms with van der Waals surface area (Å²) in [6.07, 6.45) is -4.58. The quantitative estimate of drug-likeness (QED) is 0.893. The molecule has 0 bridgehead atoms. The standard InChI is InChI=1S/C14H12F3N3O2S/c1-13(12(18)22,20-11(21)10-6-23-7-19-10)8-3-2-4-9(5-8)14(15,16)17/h2-7H,1H3,(H2,18,22)(H,20,21). The Hall–Kier alpha value is -2.42. The van der Waals surface area contributed by atoms with Gasteiger partial charge in [-0.25, -0.2) is 4.98 Å². The maximum absolute atomic E-state index is 12.8. The predicted octanol–water partition coefficient (Wildman–Crippen LogP) is 2.29. The lowest BCUT2D eigenvalue weighted by atomic mass is 9.89. The summed E-state index contributed by atoms with van der Waals surface area (Å²) in [6.45, 7) is 1.25. The molecule has 1 atom stereocenters. The molecule has 23 heavy (non-hydrogen) atoms. The van der Waals surface area contributed by atoms with Crippen LogP contribution in [0.3, 0.4) is 0 Å². The molecule has 0 fully saturated rings. The molecule has 0 radical (unpaired) electrons. The first-order valence-corrected chi connectivity index (χ1v) is 7.27. The van der Waals surface area contributed by atoms with Crippen molar-refractivity contribution in [2.45, 2.75) is 18.6 Å². The third kappa shape index (κ3) is 3.50. The molecule has 2 amide bonds. The number of hydrogen-bond donors (Lipinski definition) is 2. The maximum Gasteiger partial charge on any atom is 0.416 e. The number of nitrogens with two attached hydrogens (primary N) is 1. The van der Waals surface area contributed by atoms with Crippen molar-refractivity contribution in [3.8, 4) is 0 Å². The van der Waals surface area contributed by atoms with Gasteiger partial charge in [-0.1, -0.05) is 12.1 Å². The van der Waals surface area contributed by atoms with Gasteiger partial charge in [-0.15, -0.1) is 11.3 Å². The molecule has 0 saturated carbocycles. The molecule has 0 aliphatic carbocycles. The summed E-state index contributed by atoms with van der Waals surface area (Å²) in [5.41, 5.74) is 3.97. The van der Waals surface area contributed by atoms with Crippen molar-refractivity contribution >= 4 is 23.2 Å². The van der Waals surface area contributed by atoms with Crippen molar-refractivity contribution in [2.24, 2.45) is 5.73 Å². The third-order valence-electron chi connectivity index (χ3n) is 3.29. The number of thiazole rings is 1. The molecule has 1 unspecified atom stereocenters. The molecule has 1 heterocycles. The van der Waals surface area contributed by atoms with E-state index in [2.05, 4.69) is 10.3 Å². The average molecular weight is 343 g/mol. The first-order chi connectivity index (χ1) is 10.6. The molecule has 0 saturated heterocycles. The van der Waals surface area contributed by atoms with Crippen LogP contribution in [0.1, 0.15) is 28.5 Å². The third-order valence-corrected chi connectivity index (χ3v) is 3.88. The van der Waals surface area contributed by atoms with E-state index in [-0.39, 0.29) is 11.3 Å². The Morgan fingerprint density at radius 3 is 2.43 bits per heavy atom. The molecule has 0 aliphatic heterocycles. The molecule has 1 aromatic heterocycles. The van der Waals surface area contributed by atoms with Crippen molar-refractivity contribution < 1.29 is 22.8 Å². The Kier molecular flexibility index (Phi) is 4.42. The first kappa shape index (κ1) is 16.9. The van der Waals surface area contributed by atoms with Gasteiger partial charge in [0.05, 0.1) is 11.1 Å². The van der Waals surface area contributed by atoms with Gasteiger partial charge in [0.2, 0.25) is 5.91 Å². The number of aromatic nitrogens is 1. The molecule has 5 nitrogen and oxygen atoms in total. The van der Waals surface area contributed by atoms with E-state index in [1.807, 2.05) is 0 Å². The molecule has 2 aromatic rings. The normalized spacial score (nSPS) is 14.1. The van der Waals surface area contributed by atoms with Crippen LogP contribution < -0.4 is 11.1 Å². The van der Waals surface area contributed by atoms with E-state index in [1.54, 1.807) is 0 Å². The molecular weight excluding hydrogens is 331 g/mol. The number of primary amides is 1. The zero-order valence-electron chi connectivity index (χ0n) is 11.8. The van der Waals surface area contributed by atoms with Gasteiger partial charge in [-0.05, 0) is 24.6 Å². The summed E-state index contributed by atoms with van der Waals surface area (Å²) >= 11 is 1.17. The Morgan fingerprint density at radius 1 is 1.26 bits per heavy atom. The minimum atomic E-state index is -4.58. The Morgan fingerprint density at radius 2 is 1.91 bits per heavy atom. The van der Waals surface area contributed by atoms with Gasteiger partial charge in [0.1, 0.15) is 11.2 Å². The SMILES string of the molecule is CC(NC(=O)c1cscn1)(C(N)=O)c1cccc(C(F)(F)F)c1. The van der Waals surface area contributed by atoms with E-state index < -0.39 is 29.1 Å². The van der Waals surface area contributed by atoms with Crippen molar-refractivity contribution in [1.82, 2.24) is 10.3 Å². The number of benzene rings is 1. The molecular formula is C14H12F3N3O2S. The number of hydrogen-bond acceptors (Lipinski definition) is 4. The van der Waals surface area contributed by atoms with E-state index in [4.69, 9.17) is 5.73 Å². The Bertz CT molecular complexity index is 731. The van der Waals surface area contributed by atoms with Gasteiger partial charge in [0, 0.05) is 5.38 Å². The second-order valence-corrected chi connectivity index (χ2v) is 5.61. The van der Waals surface area contributed by atoms with Crippen LogP contribution in [-0.2, 0) is 16.5 Å². The highest BCUT2D eigenvalue weighted by molar-refractivity contribution is 7.07. The number of carbonyl (C=O) groups is 2. The zero-order chi connectivity index (χ0) is 17.3. The molecule has 2 rings (SSSR count). The fraction of sp³-hybridized carbons (Fsp3) is 0.214.